The summed E-state index contributed by atoms with van der Waals surface area (Å²) >= 11 is 0. The summed E-state index contributed by atoms with van der Waals surface area (Å²) in [6.07, 6.45) is 5.79. The van der Waals surface area contributed by atoms with Crippen LogP contribution >= 0.6 is 7.60 Å². The second kappa shape index (κ2) is 7.41. The van der Waals surface area contributed by atoms with Crippen molar-refractivity contribution in [2.75, 3.05) is 7.11 Å². The fraction of sp³-hybridized carbons (Fsp3) is 1.00. The quantitative estimate of drug-likeness (QED) is 0.491. The van der Waals surface area contributed by atoms with Crippen molar-refractivity contribution in [3.05, 3.63) is 0 Å². The van der Waals surface area contributed by atoms with Crippen molar-refractivity contribution in [2.45, 2.75) is 51.3 Å². The molecular weight excluding hydrogens is 203 g/mol. The molecule has 0 amide bonds. The summed E-state index contributed by atoms with van der Waals surface area (Å²) in [5, 5.41) is 0. The molecule has 0 rings (SSSR count). The van der Waals surface area contributed by atoms with Crippen molar-refractivity contribution < 1.29 is 19.1 Å². The van der Waals surface area contributed by atoms with Crippen LogP contribution < -0.4 is 0 Å². The van der Waals surface area contributed by atoms with Gasteiger partial charge in [0, 0.05) is 7.11 Å². The summed E-state index contributed by atoms with van der Waals surface area (Å²) in [7, 11) is -2.71. The van der Waals surface area contributed by atoms with Gasteiger partial charge in [-0.15, -0.1) is 0 Å². The normalized spacial score (nSPS) is 14.3. The molecule has 1 atom stereocenters. The summed E-state index contributed by atoms with van der Waals surface area (Å²) < 4.78 is 15.6. The van der Waals surface area contributed by atoms with Crippen LogP contribution in [0.2, 0.25) is 0 Å². The van der Waals surface area contributed by atoms with Gasteiger partial charge in [0.25, 0.3) is 0 Å². The van der Waals surface area contributed by atoms with Crippen LogP contribution in [0.15, 0.2) is 0 Å². The van der Waals surface area contributed by atoms with Gasteiger partial charge in [-0.05, 0) is 6.42 Å². The average Bonchev–Trinajstić information content (AvgIpc) is 2.09. The van der Waals surface area contributed by atoms with Crippen LogP contribution in [0.1, 0.15) is 45.4 Å². The lowest BCUT2D eigenvalue weighted by Crippen LogP contribution is -2.10. The van der Waals surface area contributed by atoms with E-state index >= 15 is 0 Å². The zero-order valence-corrected chi connectivity index (χ0v) is 9.87. The Morgan fingerprint density at radius 1 is 1.21 bits per heavy atom. The molecule has 0 aromatic heterocycles. The Morgan fingerprint density at radius 3 is 2.21 bits per heavy atom. The molecular formula is C9H21O4P. The van der Waals surface area contributed by atoms with E-state index < -0.39 is 13.4 Å². The second-order valence-electron chi connectivity index (χ2n) is 3.48. The Morgan fingerprint density at radius 2 is 1.79 bits per heavy atom. The Bertz CT molecular complexity index is 178. The second-order valence-corrected chi connectivity index (χ2v) is 5.24. The lowest BCUT2D eigenvalue weighted by Gasteiger charge is -2.16. The lowest BCUT2D eigenvalue weighted by atomic mass is 10.1. The monoisotopic (exact) mass is 224 g/mol. The molecule has 0 aromatic carbocycles. The highest BCUT2D eigenvalue weighted by molar-refractivity contribution is 7.52. The summed E-state index contributed by atoms with van der Waals surface area (Å²) in [5.41, 5.74) is 0. The minimum atomic E-state index is -4.05. The molecule has 1 unspecified atom stereocenters. The molecule has 0 bridgehead atoms. The predicted octanol–water partition coefficient (Wildman–Crippen LogP) is 2.50. The first-order valence-electron chi connectivity index (χ1n) is 5.10. The average molecular weight is 224 g/mol. The molecule has 0 aliphatic rings. The van der Waals surface area contributed by atoms with E-state index in [4.69, 9.17) is 14.5 Å². The molecule has 0 spiro atoms. The maximum absolute atomic E-state index is 10.9. The van der Waals surface area contributed by atoms with Crippen molar-refractivity contribution in [3.63, 3.8) is 0 Å². The van der Waals surface area contributed by atoms with Crippen LogP contribution in [0.4, 0.5) is 0 Å². The minimum absolute atomic E-state index is 0.449. The molecule has 0 heterocycles. The fourth-order valence-corrected chi connectivity index (χ4v) is 2.14. The van der Waals surface area contributed by atoms with Gasteiger partial charge < -0.3 is 14.5 Å². The van der Waals surface area contributed by atoms with Crippen molar-refractivity contribution in [1.82, 2.24) is 0 Å². The molecule has 0 fully saturated rings. The molecule has 2 N–H and O–H groups in total. The van der Waals surface area contributed by atoms with Crippen molar-refractivity contribution in [3.8, 4) is 0 Å². The fourth-order valence-electron chi connectivity index (χ4n) is 1.35. The van der Waals surface area contributed by atoms with Crippen LogP contribution in [0.5, 0.6) is 0 Å². The molecule has 86 valence electrons. The third-order valence-corrected chi connectivity index (χ3v) is 3.42. The first kappa shape index (κ1) is 14.1. The summed E-state index contributed by atoms with van der Waals surface area (Å²) in [5.74, 6) is -0.913. The summed E-state index contributed by atoms with van der Waals surface area (Å²) in [6, 6.07) is 0. The molecule has 0 aliphatic carbocycles. The maximum atomic E-state index is 10.9. The topological polar surface area (TPSA) is 66.8 Å². The van der Waals surface area contributed by atoms with Gasteiger partial charge in [0.15, 0.2) is 5.85 Å². The van der Waals surface area contributed by atoms with Gasteiger partial charge in [-0.1, -0.05) is 39.0 Å². The van der Waals surface area contributed by atoms with Crippen LogP contribution in [0.25, 0.3) is 0 Å². The van der Waals surface area contributed by atoms with E-state index in [1.807, 2.05) is 0 Å². The van der Waals surface area contributed by atoms with E-state index in [-0.39, 0.29) is 0 Å². The number of rotatable bonds is 8. The van der Waals surface area contributed by atoms with Gasteiger partial charge in [-0.25, -0.2) is 0 Å². The number of ether oxygens (including phenoxy) is 1. The Hall–Kier alpha value is 0.110. The molecule has 14 heavy (non-hydrogen) atoms. The van der Waals surface area contributed by atoms with Crippen molar-refractivity contribution in [1.29, 1.82) is 0 Å². The first-order chi connectivity index (χ1) is 6.52. The first-order valence-corrected chi connectivity index (χ1v) is 6.78. The van der Waals surface area contributed by atoms with Crippen LogP contribution in [-0.2, 0) is 9.30 Å². The van der Waals surface area contributed by atoms with Gasteiger partial charge in [-0.3, -0.25) is 4.57 Å². The number of hydrogen-bond acceptors (Lipinski definition) is 2. The predicted molar refractivity (Wildman–Crippen MR) is 56.2 cm³/mol. The summed E-state index contributed by atoms with van der Waals surface area (Å²) in [6.45, 7) is 2.13. The largest absolute Gasteiger partial charge is 0.369 e. The van der Waals surface area contributed by atoms with E-state index in [1.54, 1.807) is 0 Å². The van der Waals surface area contributed by atoms with Crippen LogP contribution in [-0.4, -0.2) is 22.7 Å². The minimum Gasteiger partial charge on any atom is -0.369 e. The van der Waals surface area contributed by atoms with Crippen molar-refractivity contribution >= 4 is 7.60 Å². The van der Waals surface area contributed by atoms with E-state index in [0.29, 0.717) is 6.42 Å². The van der Waals surface area contributed by atoms with Gasteiger partial charge in [0.2, 0.25) is 0 Å². The number of unbranched alkanes of at least 4 members (excludes halogenated alkanes) is 4. The van der Waals surface area contributed by atoms with E-state index in [0.717, 1.165) is 19.3 Å². The zero-order valence-electron chi connectivity index (χ0n) is 8.98. The standard InChI is InChI=1S/C9H21O4P/c1-3-4-5-6-7-8-9(13-2)14(10,11)12/h9H,3-8H2,1-2H3,(H2,10,11,12). The number of methoxy groups -OCH3 is 1. The summed E-state index contributed by atoms with van der Waals surface area (Å²) in [4.78, 5) is 17.7. The zero-order chi connectivity index (χ0) is 11.0. The smallest absolute Gasteiger partial charge is 0.354 e. The van der Waals surface area contributed by atoms with Crippen LogP contribution in [0, 0.1) is 0 Å². The van der Waals surface area contributed by atoms with E-state index in [9.17, 15) is 4.57 Å². The Labute approximate surface area is 85.8 Å². The lowest BCUT2D eigenvalue weighted by molar-refractivity contribution is 0.127. The van der Waals surface area contributed by atoms with Crippen LogP contribution in [0.3, 0.4) is 0 Å². The molecule has 5 heteroatoms. The third kappa shape index (κ3) is 6.55. The van der Waals surface area contributed by atoms with Gasteiger partial charge in [0.1, 0.15) is 0 Å². The molecule has 0 aliphatic heterocycles. The van der Waals surface area contributed by atoms with E-state index in [2.05, 4.69) is 6.92 Å². The highest BCUT2D eigenvalue weighted by Gasteiger charge is 2.27. The molecule has 0 radical (unpaired) electrons. The molecule has 0 aromatic rings. The maximum Gasteiger partial charge on any atom is 0.354 e. The Balaban J connectivity index is 3.59. The highest BCUT2D eigenvalue weighted by atomic mass is 31.2. The third-order valence-electron chi connectivity index (χ3n) is 2.20. The number of hydrogen-bond donors (Lipinski definition) is 2. The van der Waals surface area contributed by atoms with Gasteiger partial charge in [-0.2, -0.15) is 0 Å². The Kier molecular flexibility index (Phi) is 7.47. The SMILES string of the molecule is CCCCCCCC(OC)P(=O)(O)O. The van der Waals surface area contributed by atoms with Gasteiger partial charge >= 0.3 is 7.60 Å². The van der Waals surface area contributed by atoms with Crippen molar-refractivity contribution in [2.24, 2.45) is 0 Å². The molecule has 0 saturated heterocycles. The van der Waals surface area contributed by atoms with Gasteiger partial charge in [0.05, 0.1) is 0 Å². The molecule has 0 saturated carbocycles. The molecule has 4 nitrogen and oxygen atoms in total. The highest BCUT2D eigenvalue weighted by Crippen LogP contribution is 2.43. The van der Waals surface area contributed by atoms with E-state index in [1.165, 1.54) is 20.0 Å².